The first-order valence-corrected chi connectivity index (χ1v) is 32.8. The van der Waals surface area contributed by atoms with Gasteiger partial charge >= 0.3 is 11.9 Å². The molecule has 0 radical (unpaired) electrons. The summed E-state index contributed by atoms with van der Waals surface area (Å²) in [6, 6.07) is -1.17. The number of carbonyl (C=O) groups excluding carboxylic acids is 6. The lowest BCUT2D eigenvalue weighted by Crippen LogP contribution is -2.61. The summed E-state index contributed by atoms with van der Waals surface area (Å²) in [5.74, 6) is -9.08. The number of rotatable bonds is 10. The summed E-state index contributed by atoms with van der Waals surface area (Å²) in [5, 5.41) is 12.1. The topological polar surface area (TPSA) is 209 Å². The van der Waals surface area contributed by atoms with E-state index < -0.39 is 115 Å². The van der Waals surface area contributed by atoms with Crippen LogP contribution in [-0.2, 0) is 71.1 Å². The monoisotopic (exact) mass is 1140 g/mol. The lowest BCUT2D eigenvalue weighted by molar-refractivity contribution is -0.283. The van der Waals surface area contributed by atoms with E-state index in [9.17, 15) is 33.9 Å². The average Bonchev–Trinajstić information content (AvgIpc) is 3.40. The van der Waals surface area contributed by atoms with Crippen LogP contribution in [0.15, 0.2) is 47.6 Å². The number of hydrogen-bond acceptors (Lipinski definition) is 16. The van der Waals surface area contributed by atoms with E-state index in [1.54, 1.807) is 48.8 Å². The molecule has 18 heteroatoms. The van der Waals surface area contributed by atoms with Gasteiger partial charge in [-0.1, -0.05) is 71.1 Å². The largest absolute Gasteiger partial charge is 0.460 e. The molecule has 5 rings (SSSR count). The number of ketones is 3. The van der Waals surface area contributed by atoms with Crippen LogP contribution in [0.3, 0.4) is 0 Å². The van der Waals surface area contributed by atoms with Gasteiger partial charge < -0.3 is 52.3 Å². The SMILES string of the molecule is CO[C@H]1C[C@@H]2CC[C@@H](C)[C@@](O)(O2)C(=O)C(=O)N2CCCC[C@H]2C(=O)O[C@H]([C@H](C)C[C@@H]2CC[C@@H](OC(=O)C3(C)COC(C)(C)OC3)[C@H](OC)C2)CC(=O)[C@H](C)/C=C(\C)[C@@H](O[Si](C)(C)C)[C@@H](OC)C(=O)[C@H](C)C[C@H](C)/C=C/C=CC=C1C. The molecule has 4 heterocycles. The van der Waals surface area contributed by atoms with E-state index >= 15 is 0 Å². The molecule has 4 fully saturated rings. The van der Waals surface area contributed by atoms with Gasteiger partial charge in [0.1, 0.15) is 35.6 Å². The zero-order valence-electron chi connectivity index (χ0n) is 51.2. The number of allylic oxidation sites excluding steroid dienone is 6. The number of carbonyl (C=O) groups is 6. The first-order chi connectivity index (χ1) is 37.5. The Morgan fingerprint density at radius 2 is 1.50 bits per heavy atom. The Labute approximate surface area is 478 Å². The summed E-state index contributed by atoms with van der Waals surface area (Å²) >= 11 is 0. The van der Waals surface area contributed by atoms with Crippen molar-refractivity contribution in [3.63, 3.8) is 0 Å². The Kier molecular flexibility index (Phi) is 24.5. The van der Waals surface area contributed by atoms with E-state index in [0.29, 0.717) is 69.8 Å². The Hall–Kier alpha value is -3.72. The molecule has 1 saturated carbocycles. The third-order valence-electron chi connectivity index (χ3n) is 17.1. The molecule has 1 amide bonds. The second-order valence-electron chi connectivity index (χ2n) is 25.7. The van der Waals surface area contributed by atoms with Gasteiger partial charge in [0, 0.05) is 58.5 Å². The third kappa shape index (κ3) is 17.9. The molecule has 0 aromatic heterocycles. The molecule has 80 heavy (non-hydrogen) atoms. The van der Waals surface area contributed by atoms with Gasteiger partial charge in [-0.25, -0.2) is 4.79 Å². The van der Waals surface area contributed by atoms with Crippen molar-refractivity contribution < 1.29 is 76.2 Å². The highest BCUT2D eigenvalue weighted by Crippen LogP contribution is 2.40. The molecule has 1 aliphatic carbocycles. The van der Waals surface area contributed by atoms with Gasteiger partial charge in [-0.2, -0.15) is 0 Å². The number of amides is 1. The molecular weight excluding hydrogens is 1040 g/mol. The lowest BCUT2D eigenvalue weighted by atomic mass is 9.78. The maximum Gasteiger partial charge on any atom is 0.329 e. The molecule has 17 nitrogen and oxygen atoms in total. The third-order valence-corrected chi connectivity index (χ3v) is 18.1. The molecule has 0 aromatic rings. The number of Topliss-reactive ketones (excluding diaryl/α,β-unsaturated/α-hetero) is 3. The lowest BCUT2D eigenvalue weighted by Gasteiger charge is -2.43. The van der Waals surface area contributed by atoms with Crippen molar-refractivity contribution in [2.75, 3.05) is 41.1 Å². The van der Waals surface area contributed by atoms with Crippen molar-refractivity contribution in [2.24, 2.45) is 40.9 Å². The molecule has 0 unspecified atom stereocenters. The summed E-state index contributed by atoms with van der Waals surface area (Å²) in [6.07, 6.45) is 12.0. The number of piperidine rings is 1. The van der Waals surface area contributed by atoms with E-state index in [-0.39, 0.29) is 61.9 Å². The van der Waals surface area contributed by atoms with Crippen LogP contribution in [0.5, 0.6) is 0 Å². The maximum absolute atomic E-state index is 14.8. The predicted molar refractivity (Wildman–Crippen MR) is 305 cm³/mol. The van der Waals surface area contributed by atoms with Gasteiger partial charge in [0.2, 0.25) is 5.79 Å². The molecule has 15 atom stereocenters. The fourth-order valence-corrected chi connectivity index (χ4v) is 13.0. The highest BCUT2D eigenvalue weighted by atomic mass is 28.4. The maximum atomic E-state index is 14.8. The van der Waals surface area contributed by atoms with Crippen LogP contribution in [0.2, 0.25) is 19.6 Å². The van der Waals surface area contributed by atoms with Gasteiger partial charge in [0.25, 0.3) is 11.7 Å². The summed E-state index contributed by atoms with van der Waals surface area (Å²) < 4.78 is 55.0. The minimum absolute atomic E-state index is 0.0263. The Morgan fingerprint density at radius 3 is 2.14 bits per heavy atom. The number of methoxy groups -OCH3 is 3. The van der Waals surface area contributed by atoms with Crippen molar-refractivity contribution in [1.82, 2.24) is 4.90 Å². The molecule has 2 bridgehead atoms. The number of cyclic esters (lactones) is 1. The van der Waals surface area contributed by atoms with Crippen LogP contribution in [0.25, 0.3) is 0 Å². The van der Waals surface area contributed by atoms with Crippen molar-refractivity contribution in [2.45, 2.75) is 226 Å². The summed E-state index contributed by atoms with van der Waals surface area (Å²) in [5.41, 5.74) is 0.561. The van der Waals surface area contributed by atoms with E-state index in [4.69, 9.17) is 42.3 Å². The van der Waals surface area contributed by atoms with Gasteiger partial charge in [0.15, 0.2) is 19.9 Å². The molecule has 0 aromatic carbocycles. The fraction of sp³-hybridized carbons (Fsp3) is 0.774. The first kappa shape index (κ1) is 67.1. The van der Waals surface area contributed by atoms with E-state index in [1.807, 2.05) is 83.8 Å². The number of fused-ring (bicyclic) bond motifs is 3. The Balaban J connectivity index is 1.48. The van der Waals surface area contributed by atoms with Crippen LogP contribution in [0.4, 0.5) is 0 Å². The van der Waals surface area contributed by atoms with Gasteiger partial charge in [-0.15, -0.1) is 0 Å². The minimum Gasteiger partial charge on any atom is -0.460 e. The zero-order chi connectivity index (χ0) is 59.5. The van der Waals surface area contributed by atoms with E-state index in [0.717, 1.165) is 5.57 Å². The zero-order valence-corrected chi connectivity index (χ0v) is 52.2. The Morgan fingerprint density at radius 1 is 0.812 bits per heavy atom. The highest BCUT2D eigenvalue weighted by molar-refractivity contribution is 6.69. The van der Waals surface area contributed by atoms with Gasteiger partial charge in [0.05, 0.1) is 37.6 Å². The molecule has 5 aliphatic rings. The number of esters is 2. The highest BCUT2D eigenvalue weighted by Gasteiger charge is 2.53. The van der Waals surface area contributed by atoms with Crippen molar-refractivity contribution in [1.29, 1.82) is 0 Å². The smallest absolute Gasteiger partial charge is 0.329 e. The average molecular weight is 1140 g/mol. The minimum atomic E-state index is -2.45. The molecule has 1 N–H and O–H groups in total. The molecule has 0 spiro atoms. The number of aliphatic hydroxyl groups is 1. The van der Waals surface area contributed by atoms with Crippen LogP contribution in [0, 0.1) is 40.9 Å². The number of hydrogen-bond donors (Lipinski definition) is 1. The number of nitrogens with zero attached hydrogens (tertiary/aromatic N) is 1. The van der Waals surface area contributed by atoms with Gasteiger partial charge in [-0.3, -0.25) is 24.0 Å². The molecular formula is C62H99NO16Si. The predicted octanol–water partition coefficient (Wildman–Crippen LogP) is 9.38. The van der Waals surface area contributed by atoms with Crippen LogP contribution < -0.4 is 0 Å². The Bertz CT molecular complexity index is 2260. The second kappa shape index (κ2) is 29.2. The fourth-order valence-electron chi connectivity index (χ4n) is 11.9. The van der Waals surface area contributed by atoms with Crippen LogP contribution in [0.1, 0.15) is 146 Å². The van der Waals surface area contributed by atoms with Gasteiger partial charge in [-0.05, 0) is 147 Å². The summed E-state index contributed by atoms with van der Waals surface area (Å²) in [4.78, 5) is 87.6. The number of ether oxygens (including phenoxy) is 8. The van der Waals surface area contributed by atoms with Crippen molar-refractivity contribution in [3.05, 3.63) is 47.6 Å². The van der Waals surface area contributed by atoms with Crippen LogP contribution in [-0.4, -0.2) is 155 Å². The second-order valence-corrected chi connectivity index (χ2v) is 30.2. The van der Waals surface area contributed by atoms with Crippen molar-refractivity contribution >= 4 is 43.5 Å². The van der Waals surface area contributed by atoms with E-state index in [2.05, 4.69) is 6.92 Å². The normalized spacial score (nSPS) is 36.6. The first-order valence-electron chi connectivity index (χ1n) is 29.4. The molecule has 4 aliphatic heterocycles. The standard InChI is InChI=1S/C62H99NO16Si/c1-38-22-18-17-19-23-39(2)50(71-11)34-46-27-25-44(7)62(70,78-46)56(66)57(67)63-29-21-20-24-47(63)58(68)76-51(35-48(64)40(3)31-43(6)54(79-80(14,15)16)55(73-13)53(65)42(5)30-38)41(4)32-45-26-28-49(52(33-45)72-12)77-59(69)61(10)36-74-60(8,9)75-37-61/h17-19,22-23,31,38,40-42,44-47,49-52,54-55,70H,20-21,24-30,32-37H2,1-16H3/b19-17?,22-18+,39-23?,43-31+/t38-,40-,41-,42-,44-,45+,46+,47+,49-,50+,51+,52-,54-,55+,62-/m1/s1. The molecule has 3 saturated heterocycles. The van der Waals surface area contributed by atoms with E-state index in [1.165, 1.54) is 12.0 Å². The summed E-state index contributed by atoms with van der Waals surface area (Å²) in [7, 11) is 2.36. The van der Waals surface area contributed by atoms with Crippen LogP contribution >= 0.6 is 0 Å². The summed E-state index contributed by atoms with van der Waals surface area (Å²) in [6.45, 7) is 25.0. The van der Waals surface area contributed by atoms with Crippen molar-refractivity contribution in [3.8, 4) is 0 Å². The quantitative estimate of drug-likeness (QED) is 0.0935. The molecule has 452 valence electrons.